The zero-order chi connectivity index (χ0) is 21.1. The highest BCUT2D eigenvalue weighted by Gasteiger charge is 2.17. The first kappa shape index (κ1) is 20.6. The average molecular weight is 412 g/mol. The van der Waals surface area contributed by atoms with Crippen LogP contribution in [0.5, 0.6) is 0 Å². The third-order valence-corrected chi connectivity index (χ3v) is 5.81. The number of hydrogen-bond acceptors (Lipinski definition) is 5. The fraction of sp³-hybridized carbons (Fsp3) is 0.500. The maximum Gasteiger partial charge on any atom is 0.277 e. The van der Waals surface area contributed by atoms with Crippen LogP contribution in [0.4, 0.5) is 0 Å². The number of hydrogen-bond donors (Lipinski definition) is 1. The minimum absolute atomic E-state index is 0.105. The Morgan fingerprint density at radius 2 is 2.00 bits per heavy atom. The Kier molecular flexibility index (Phi) is 6.15. The van der Waals surface area contributed by atoms with Gasteiger partial charge >= 0.3 is 0 Å². The van der Waals surface area contributed by atoms with Gasteiger partial charge in [-0.25, -0.2) is 4.52 Å². The van der Waals surface area contributed by atoms with Gasteiger partial charge in [0.1, 0.15) is 5.52 Å². The fourth-order valence-corrected chi connectivity index (χ4v) is 4.06. The van der Waals surface area contributed by atoms with Crippen molar-refractivity contribution in [3.8, 4) is 0 Å². The molecule has 0 spiro atoms. The van der Waals surface area contributed by atoms with E-state index in [-0.39, 0.29) is 11.5 Å². The van der Waals surface area contributed by atoms with Gasteiger partial charge in [-0.05, 0) is 57.5 Å². The first-order valence-corrected chi connectivity index (χ1v) is 10.7. The van der Waals surface area contributed by atoms with E-state index in [0.717, 1.165) is 37.9 Å². The molecule has 2 aromatic heterocycles. The maximum absolute atomic E-state index is 12.7. The molecule has 160 valence electrons. The topological polar surface area (TPSA) is 80.9 Å². The minimum Gasteiger partial charge on any atom is -0.378 e. The lowest BCUT2D eigenvalue weighted by molar-refractivity contribution is 0.0117. The van der Waals surface area contributed by atoms with E-state index in [4.69, 9.17) is 4.74 Å². The zero-order valence-electron chi connectivity index (χ0n) is 17.6. The summed E-state index contributed by atoms with van der Waals surface area (Å²) in [5, 5.41) is 7.21. The number of piperidine rings is 1. The van der Waals surface area contributed by atoms with Gasteiger partial charge in [0.05, 0.1) is 23.3 Å². The van der Waals surface area contributed by atoms with E-state index in [9.17, 15) is 9.59 Å². The molecule has 1 saturated heterocycles. The van der Waals surface area contributed by atoms with Crippen LogP contribution in [-0.4, -0.2) is 64.4 Å². The van der Waals surface area contributed by atoms with Gasteiger partial charge in [0.25, 0.3) is 11.5 Å². The van der Waals surface area contributed by atoms with E-state index < -0.39 is 0 Å². The second-order valence-corrected chi connectivity index (χ2v) is 7.86. The number of aryl methyl sites for hydroxylation is 1. The van der Waals surface area contributed by atoms with E-state index in [1.807, 2.05) is 13.0 Å². The van der Waals surface area contributed by atoms with Gasteiger partial charge in [-0.1, -0.05) is 0 Å². The van der Waals surface area contributed by atoms with Gasteiger partial charge < -0.3 is 19.5 Å². The molecule has 8 heteroatoms. The Labute approximate surface area is 175 Å². The summed E-state index contributed by atoms with van der Waals surface area (Å²) in [6.07, 6.45) is 4.87. The van der Waals surface area contributed by atoms with Crippen molar-refractivity contribution in [3.05, 3.63) is 46.4 Å². The molecule has 4 rings (SSSR count). The molecule has 1 aromatic carbocycles. The Balaban J connectivity index is 1.39. The van der Waals surface area contributed by atoms with Crippen molar-refractivity contribution in [2.75, 3.05) is 33.3 Å². The molecule has 0 saturated carbocycles. The number of carbonyl (C=O) groups excluding carboxylic acids is 1. The number of fused-ring (bicyclic) bond motifs is 3. The lowest BCUT2D eigenvalue weighted by atomic mass is 10.1. The molecule has 3 aromatic rings. The van der Waals surface area contributed by atoms with Crippen molar-refractivity contribution in [3.63, 3.8) is 0 Å². The van der Waals surface area contributed by atoms with Gasteiger partial charge in [0, 0.05) is 38.3 Å². The van der Waals surface area contributed by atoms with Crippen LogP contribution in [-0.2, 0) is 11.3 Å². The first-order chi connectivity index (χ1) is 14.6. The quantitative estimate of drug-likeness (QED) is 0.601. The number of nitrogens with one attached hydrogen (secondary N) is 1. The molecule has 0 radical (unpaired) electrons. The SMILES string of the molecule is CCn1c(=O)c2ccnn2c2ccc(C(=O)NCCCOC3CCN(C)CC3)cc21. The number of carbonyl (C=O) groups is 1. The van der Waals surface area contributed by atoms with Crippen LogP contribution in [0.1, 0.15) is 36.5 Å². The summed E-state index contributed by atoms with van der Waals surface area (Å²) in [6, 6.07) is 7.10. The Bertz CT molecular complexity index is 1100. The third kappa shape index (κ3) is 4.11. The number of rotatable bonds is 7. The fourth-order valence-electron chi connectivity index (χ4n) is 4.06. The van der Waals surface area contributed by atoms with Gasteiger partial charge in [0.2, 0.25) is 0 Å². The van der Waals surface area contributed by atoms with Gasteiger partial charge in [-0.15, -0.1) is 0 Å². The van der Waals surface area contributed by atoms with Crippen molar-refractivity contribution < 1.29 is 9.53 Å². The predicted molar refractivity (Wildman–Crippen MR) is 116 cm³/mol. The van der Waals surface area contributed by atoms with Crippen molar-refractivity contribution in [2.45, 2.75) is 38.8 Å². The molecular weight excluding hydrogens is 382 g/mol. The number of ether oxygens (including phenoxy) is 1. The Morgan fingerprint density at radius 3 is 2.77 bits per heavy atom. The summed E-state index contributed by atoms with van der Waals surface area (Å²) in [4.78, 5) is 27.6. The summed E-state index contributed by atoms with van der Waals surface area (Å²) >= 11 is 0. The number of nitrogens with zero attached hydrogens (tertiary/aromatic N) is 4. The Morgan fingerprint density at radius 1 is 1.20 bits per heavy atom. The van der Waals surface area contributed by atoms with Crippen LogP contribution in [0.2, 0.25) is 0 Å². The van der Waals surface area contributed by atoms with Crippen molar-refractivity contribution in [1.82, 2.24) is 24.4 Å². The van der Waals surface area contributed by atoms with Crippen LogP contribution in [0, 0.1) is 0 Å². The van der Waals surface area contributed by atoms with Crippen LogP contribution in [0.15, 0.2) is 35.3 Å². The second-order valence-electron chi connectivity index (χ2n) is 7.86. The van der Waals surface area contributed by atoms with E-state index in [2.05, 4.69) is 22.4 Å². The Hall–Kier alpha value is -2.71. The molecule has 1 amide bonds. The van der Waals surface area contributed by atoms with E-state index in [1.165, 1.54) is 0 Å². The predicted octanol–water partition coefficient (Wildman–Crippen LogP) is 1.90. The van der Waals surface area contributed by atoms with Crippen LogP contribution >= 0.6 is 0 Å². The summed E-state index contributed by atoms with van der Waals surface area (Å²) in [7, 11) is 2.13. The summed E-state index contributed by atoms with van der Waals surface area (Å²) in [5.41, 5.74) is 2.47. The molecule has 1 N–H and O–H groups in total. The molecule has 8 nitrogen and oxygen atoms in total. The molecule has 0 unspecified atom stereocenters. The minimum atomic E-state index is -0.146. The van der Waals surface area contributed by atoms with Crippen molar-refractivity contribution >= 4 is 22.5 Å². The highest BCUT2D eigenvalue weighted by molar-refractivity contribution is 5.97. The highest BCUT2D eigenvalue weighted by Crippen LogP contribution is 2.17. The molecule has 0 aliphatic carbocycles. The van der Waals surface area contributed by atoms with E-state index in [0.29, 0.717) is 42.4 Å². The summed E-state index contributed by atoms with van der Waals surface area (Å²) in [5.74, 6) is -0.146. The van der Waals surface area contributed by atoms with E-state index in [1.54, 1.807) is 33.5 Å². The molecule has 1 aliphatic heterocycles. The smallest absolute Gasteiger partial charge is 0.277 e. The molecule has 0 atom stereocenters. The lowest BCUT2D eigenvalue weighted by Gasteiger charge is -2.28. The summed E-state index contributed by atoms with van der Waals surface area (Å²) in [6.45, 7) is 5.82. The number of likely N-dealkylation sites (tertiary alicyclic amines) is 1. The van der Waals surface area contributed by atoms with Crippen molar-refractivity contribution in [2.24, 2.45) is 0 Å². The number of aromatic nitrogens is 3. The largest absolute Gasteiger partial charge is 0.378 e. The van der Waals surface area contributed by atoms with Crippen molar-refractivity contribution in [1.29, 1.82) is 0 Å². The zero-order valence-corrected chi connectivity index (χ0v) is 17.6. The molecular formula is C22H29N5O3. The molecule has 1 aliphatic rings. The average Bonchev–Trinajstić information content (AvgIpc) is 3.25. The standard InChI is InChI=1S/C22H29N5O3/c1-3-26-20-15-16(5-6-18(20)27-19(22(26)29)7-11-24-27)21(28)23-10-4-14-30-17-8-12-25(2)13-9-17/h5-7,11,15,17H,3-4,8-10,12-14H2,1-2H3,(H,23,28). The van der Waals surface area contributed by atoms with Crippen LogP contribution < -0.4 is 10.9 Å². The van der Waals surface area contributed by atoms with Crippen LogP contribution in [0.25, 0.3) is 16.6 Å². The number of amides is 1. The molecule has 30 heavy (non-hydrogen) atoms. The second kappa shape index (κ2) is 8.97. The van der Waals surface area contributed by atoms with Gasteiger partial charge in [-0.3, -0.25) is 9.59 Å². The highest BCUT2D eigenvalue weighted by atomic mass is 16.5. The molecule has 0 bridgehead atoms. The first-order valence-electron chi connectivity index (χ1n) is 10.7. The molecule has 3 heterocycles. The normalized spacial score (nSPS) is 15.8. The summed E-state index contributed by atoms with van der Waals surface area (Å²) < 4.78 is 9.24. The van der Waals surface area contributed by atoms with E-state index >= 15 is 0 Å². The molecule has 1 fully saturated rings. The van der Waals surface area contributed by atoms with Gasteiger partial charge in [0.15, 0.2) is 0 Å². The van der Waals surface area contributed by atoms with Gasteiger partial charge in [-0.2, -0.15) is 5.10 Å². The monoisotopic (exact) mass is 411 g/mol. The maximum atomic E-state index is 12.7. The lowest BCUT2D eigenvalue weighted by Crippen LogP contribution is -2.34. The number of benzene rings is 1. The third-order valence-electron chi connectivity index (χ3n) is 5.81. The van der Waals surface area contributed by atoms with Crippen LogP contribution in [0.3, 0.4) is 0 Å².